The van der Waals surface area contributed by atoms with E-state index >= 15 is 0 Å². The number of nitrogens with zero attached hydrogens (tertiary/aromatic N) is 1. The maximum absolute atomic E-state index is 11.8. The molecule has 0 radical (unpaired) electrons. The number of hydrogen-bond donors (Lipinski definition) is 1. The molecule has 2 rings (SSSR count). The second-order valence-electron chi connectivity index (χ2n) is 3.54. The summed E-state index contributed by atoms with van der Waals surface area (Å²) < 4.78 is 0. The number of carbonyl (C=O) groups is 1. The van der Waals surface area contributed by atoms with E-state index in [0.29, 0.717) is 5.69 Å². The van der Waals surface area contributed by atoms with Crippen LogP contribution in [0, 0.1) is 6.92 Å². The first-order valence-electron chi connectivity index (χ1n) is 5.07. The highest BCUT2D eigenvalue weighted by molar-refractivity contribution is 9.08. The largest absolute Gasteiger partial charge is 0.321 e. The van der Waals surface area contributed by atoms with E-state index in [1.54, 1.807) is 5.38 Å². The predicted molar refractivity (Wildman–Crippen MR) is 73.9 cm³/mol. The van der Waals surface area contributed by atoms with Crippen molar-refractivity contribution in [2.45, 2.75) is 12.3 Å². The first-order chi connectivity index (χ1) is 8.19. The maximum atomic E-state index is 11.8. The summed E-state index contributed by atoms with van der Waals surface area (Å²) in [5.74, 6) is -0.166. The Morgan fingerprint density at radius 2 is 2.12 bits per heavy atom. The van der Waals surface area contributed by atoms with Crippen LogP contribution in [0.1, 0.15) is 21.1 Å². The molecule has 1 heterocycles. The van der Waals surface area contributed by atoms with Crippen molar-refractivity contribution in [3.63, 3.8) is 0 Å². The summed E-state index contributed by atoms with van der Waals surface area (Å²) in [7, 11) is 0. The van der Waals surface area contributed by atoms with Crippen molar-refractivity contribution in [2.24, 2.45) is 0 Å². The molecule has 1 aromatic carbocycles. The van der Waals surface area contributed by atoms with Gasteiger partial charge in [0, 0.05) is 16.4 Å². The van der Waals surface area contributed by atoms with E-state index in [1.807, 2.05) is 31.2 Å². The minimum absolute atomic E-state index is 0.166. The van der Waals surface area contributed by atoms with Gasteiger partial charge in [-0.05, 0) is 24.6 Å². The molecule has 88 valence electrons. The normalized spacial score (nSPS) is 10.2. The lowest BCUT2D eigenvalue weighted by atomic mass is 10.2. The molecule has 0 unspecified atom stereocenters. The minimum atomic E-state index is -0.166. The van der Waals surface area contributed by atoms with E-state index < -0.39 is 0 Å². The van der Waals surface area contributed by atoms with Gasteiger partial charge in [-0.1, -0.05) is 28.1 Å². The molecule has 1 N–H and O–H groups in total. The molecule has 0 saturated carbocycles. The highest BCUT2D eigenvalue weighted by Gasteiger charge is 2.09. The standard InChI is InChI=1S/C12H11BrN2OS/c1-8-14-11(7-17-8)12(16)15-10-4-2-9(6-13)3-5-10/h2-5,7H,6H2,1H3,(H,15,16). The van der Waals surface area contributed by atoms with Crippen LogP contribution in [0.3, 0.4) is 0 Å². The van der Waals surface area contributed by atoms with Crippen molar-refractivity contribution >= 4 is 38.9 Å². The van der Waals surface area contributed by atoms with Gasteiger partial charge in [0.25, 0.3) is 5.91 Å². The Kier molecular flexibility index (Phi) is 3.91. The second kappa shape index (κ2) is 5.42. The van der Waals surface area contributed by atoms with Crippen molar-refractivity contribution in [1.29, 1.82) is 0 Å². The van der Waals surface area contributed by atoms with E-state index in [-0.39, 0.29) is 5.91 Å². The molecule has 0 aliphatic carbocycles. The Hall–Kier alpha value is -1.20. The summed E-state index contributed by atoms with van der Waals surface area (Å²) >= 11 is 4.85. The van der Waals surface area contributed by atoms with Gasteiger partial charge in [-0.15, -0.1) is 11.3 Å². The number of aryl methyl sites for hydroxylation is 1. The van der Waals surface area contributed by atoms with E-state index in [0.717, 1.165) is 16.0 Å². The number of alkyl halides is 1. The molecular weight excluding hydrogens is 300 g/mol. The fourth-order valence-corrected chi connectivity index (χ4v) is 2.31. The van der Waals surface area contributed by atoms with Crippen LogP contribution in [-0.2, 0) is 5.33 Å². The van der Waals surface area contributed by atoms with Gasteiger partial charge >= 0.3 is 0 Å². The van der Waals surface area contributed by atoms with Gasteiger partial charge in [-0.25, -0.2) is 4.98 Å². The SMILES string of the molecule is Cc1nc(C(=O)Nc2ccc(CBr)cc2)cs1. The lowest BCUT2D eigenvalue weighted by molar-refractivity contribution is 0.102. The van der Waals surface area contributed by atoms with Gasteiger partial charge in [-0.3, -0.25) is 4.79 Å². The van der Waals surface area contributed by atoms with Gasteiger partial charge in [0.1, 0.15) is 5.69 Å². The Bertz CT molecular complexity index is 522. The molecule has 0 aliphatic rings. The summed E-state index contributed by atoms with van der Waals surface area (Å²) in [6, 6.07) is 7.70. The summed E-state index contributed by atoms with van der Waals surface area (Å²) in [5, 5.41) is 6.28. The van der Waals surface area contributed by atoms with Gasteiger partial charge in [-0.2, -0.15) is 0 Å². The van der Waals surface area contributed by atoms with Crippen molar-refractivity contribution in [3.05, 3.63) is 45.9 Å². The van der Waals surface area contributed by atoms with Crippen molar-refractivity contribution in [3.8, 4) is 0 Å². The second-order valence-corrected chi connectivity index (χ2v) is 5.16. The third-order valence-corrected chi connectivity index (χ3v) is 3.64. The molecule has 0 spiro atoms. The lowest BCUT2D eigenvalue weighted by Gasteiger charge is -2.03. The molecule has 0 bridgehead atoms. The zero-order chi connectivity index (χ0) is 12.3. The number of rotatable bonds is 3. The fraction of sp³-hybridized carbons (Fsp3) is 0.167. The van der Waals surface area contributed by atoms with E-state index in [1.165, 1.54) is 16.9 Å². The topological polar surface area (TPSA) is 42.0 Å². The lowest BCUT2D eigenvalue weighted by Crippen LogP contribution is -2.12. The van der Waals surface area contributed by atoms with E-state index in [4.69, 9.17) is 0 Å². The van der Waals surface area contributed by atoms with E-state index in [2.05, 4.69) is 26.2 Å². The summed E-state index contributed by atoms with van der Waals surface area (Å²) in [5.41, 5.74) is 2.43. The molecule has 0 saturated heterocycles. The third kappa shape index (κ3) is 3.14. The molecule has 2 aromatic rings. The summed E-state index contributed by atoms with van der Waals surface area (Å²) in [4.78, 5) is 15.9. The van der Waals surface area contributed by atoms with Crippen LogP contribution in [0.5, 0.6) is 0 Å². The molecule has 3 nitrogen and oxygen atoms in total. The van der Waals surface area contributed by atoms with Crippen LogP contribution >= 0.6 is 27.3 Å². The first-order valence-corrected chi connectivity index (χ1v) is 7.07. The van der Waals surface area contributed by atoms with Crippen LogP contribution in [0.15, 0.2) is 29.6 Å². The number of nitrogens with one attached hydrogen (secondary N) is 1. The van der Waals surface area contributed by atoms with Crippen molar-refractivity contribution in [1.82, 2.24) is 4.98 Å². The van der Waals surface area contributed by atoms with Gasteiger partial charge in [0.15, 0.2) is 0 Å². The average Bonchev–Trinajstić information content (AvgIpc) is 2.77. The van der Waals surface area contributed by atoms with Gasteiger partial charge in [0.05, 0.1) is 5.01 Å². The van der Waals surface area contributed by atoms with Crippen molar-refractivity contribution in [2.75, 3.05) is 5.32 Å². The van der Waals surface area contributed by atoms with Crippen LogP contribution in [0.2, 0.25) is 0 Å². The average molecular weight is 311 g/mol. The van der Waals surface area contributed by atoms with Crippen LogP contribution in [-0.4, -0.2) is 10.9 Å². The Labute approximate surface area is 112 Å². The zero-order valence-corrected chi connectivity index (χ0v) is 11.6. The zero-order valence-electron chi connectivity index (χ0n) is 9.24. The number of benzene rings is 1. The molecule has 0 fully saturated rings. The molecule has 17 heavy (non-hydrogen) atoms. The van der Waals surface area contributed by atoms with Crippen LogP contribution < -0.4 is 5.32 Å². The fourth-order valence-electron chi connectivity index (χ4n) is 1.34. The highest BCUT2D eigenvalue weighted by Crippen LogP contribution is 2.14. The third-order valence-electron chi connectivity index (χ3n) is 2.22. The summed E-state index contributed by atoms with van der Waals surface area (Å²) in [6.07, 6.45) is 0. The summed E-state index contributed by atoms with van der Waals surface area (Å²) in [6.45, 7) is 1.88. The number of hydrogen-bond acceptors (Lipinski definition) is 3. The van der Waals surface area contributed by atoms with Crippen molar-refractivity contribution < 1.29 is 4.79 Å². The monoisotopic (exact) mass is 310 g/mol. The Balaban J connectivity index is 2.07. The molecular formula is C12H11BrN2OS. The number of carbonyl (C=O) groups excluding carboxylic acids is 1. The van der Waals surface area contributed by atoms with Gasteiger partial charge < -0.3 is 5.32 Å². The quantitative estimate of drug-likeness (QED) is 0.880. The number of anilines is 1. The number of aromatic nitrogens is 1. The van der Waals surface area contributed by atoms with E-state index in [9.17, 15) is 4.79 Å². The predicted octanol–water partition coefficient (Wildman–Crippen LogP) is 3.60. The van der Waals surface area contributed by atoms with Crippen LogP contribution in [0.4, 0.5) is 5.69 Å². The highest BCUT2D eigenvalue weighted by atomic mass is 79.9. The Morgan fingerprint density at radius 3 is 2.65 bits per heavy atom. The molecule has 5 heteroatoms. The molecule has 0 atom stereocenters. The Morgan fingerprint density at radius 1 is 1.41 bits per heavy atom. The maximum Gasteiger partial charge on any atom is 0.275 e. The van der Waals surface area contributed by atoms with Gasteiger partial charge in [0.2, 0.25) is 0 Å². The smallest absolute Gasteiger partial charge is 0.275 e. The van der Waals surface area contributed by atoms with Crippen LogP contribution in [0.25, 0.3) is 0 Å². The molecule has 1 amide bonds. The molecule has 0 aliphatic heterocycles. The molecule has 1 aromatic heterocycles. The first kappa shape index (κ1) is 12.3. The number of amides is 1. The number of halogens is 1. The number of thiazole rings is 1. The minimum Gasteiger partial charge on any atom is -0.321 e.